The molecule has 122 valence electrons. The lowest BCUT2D eigenvalue weighted by molar-refractivity contribution is -0.141. The number of alkyl halides is 3. The third-order valence-electron chi connectivity index (χ3n) is 3.11. The lowest BCUT2D eigenvalue weighted by atomic mass is 10.3. The van der Waals surface area contributed by atoms with Gasteiger partial charge < -0.3 is 9.42 Å². The van der Waals surface area contributed by atoms with Gasteiger partial charge in [0, 0.05) is 19.5 Å². The zero-order valence-corrected chi connectivity index (χ0v) is 12.2. The van der Waals surface area contributed by atoms with Gasteiger partial charge in [0.05, 0.1) is 6.54 Å². The van der Waals surface area contributed by atoms with Crippen molar-refractivity contribution in [1.82, 2.24) is 29.7 Å². The zero-order valence-electron chi connectivity index (χ0n) is 12.2. The van der Waals surface area contributed by atoms with E-state index in [2.05, 4.69) is 25.2 Å². The van der Waals surface area contributed by atoms with Gasteiger partial charge in [-0.25, -0.2) is 4.98 Å². The molecule has 3 aromatic rings. The summed E-state index contributed by atoms with van der Waals surface area (Å²) >= 11 is 0. The van der Waals surface area contributed by atoms with Crippen molar-refractivity contribution in [2.45, 2.75) is 26.1 Å². The maximum Gasteiger partial charge on any atom is 0.433 e. The first-order valence-corrected chi connectivity index (χ1v) is 6.69. The first kappa shape index (κ1) is 15.2. The van der Waals surface area contributed by atoms with E-state index in [9.17, 15) is 13.2 Å². The Hall–Kier alpha value is -2.72. The minimum absolute atomic E-state index is 0.128. The molecule has 3 heterocycles. The molecule has 23 heavy (non-hydrogen) atoms. The van der Waals surface area contributed by atoms with Crippen LogP contribution in [0.5, 0.6) is 0 Å². The fourth-order valence-corrected chi connectivity index (χ4v) is 2.00. The lowest BCUT2D eigenvalue weighted by Crippen LogP contribution is -2.22. The van der Waals surface area contributed by atoms with Crippen molar-refractivity contribution < 1.29 is 17.7 Å². The molecule has 3 aromatic heterocycles. The number of anilines is 1. The predicted octanol–water partition coefficient (Wildman–Crippen LogP) is 1.72. The largest absolute Gasteiger partial charge is 0.433 e. The second-order valence-corrected chi connectivity index (χ2v) is 4.78. The molecule has 0 radical (unpaired) electrons. The smallest absolute Gasteiger partial charge is 0.350 e. The van der Waals surface area contributed by atoms with Crippen molar-refractivity contribution in [2.75, 3.05) is 11.9 Å². The SMILES string of the molecule is CCc1noc(CN(C)c2cc(C(F)(F)F)nc3ncnn23)n1. The van der Waals surface area contributed by atoms with Crippen molar-refractivity contribution in [3.05, 3.63) is 29.8 Å². The zero-order chi connectivity index (χ0) is 16.6. The Kier molecular flexibility index (Phi) is 3.62. The quantitative estimate of drug-likeness (QED) is 0.721. The summed E-state index contributed by atoms with van der Waals surface area (Å²) in [5.74, 6) is 0.852. The molecule has 0 bridgehead atoms. The van der Waals surface area contributed by atoms with Crippen LogP contribution in [0.25, 0.3) is 5.78 Å². The molecule has 0 N–H and O–H groups in total. The van der Waals surface area contributed by atoms with Gasteiger partial charge >= 0.3 is 6.18 Å². The predicted molar refractivity (Wildman–Crippen MR) is 71.6 cm³/mol. The number of aryl methyl sites for hydroxylation is 1. The highest BCUT2D eigenvalue weighted by Crippen LogP contribution is 2.30. The first-order valence-electron chi connectivity index (χ1n) is 6.69. The Balaban J connectivity index is 1.98. The summed E-state index contributed by atoms with van der Waals surface area (Å²) in [5, 5.41) is 7.64. The fourth-order valence-electron chi connectivity index (χ4n) is 2.00. The Labute approximate surface area is 128 Å². The van der Waals surface area contributed by atoms with E-state index < -0.39 is 11.9 Å². The monoisotopic (exact) mass is 327 g/mol. The number of halogens is 3. The van der Waals surface area contributed by atoms with Gasteiger partial charge in [-0.2, -0.15) is 32.8 Å². The van der Waals surface area contributed by atoms with E-state index in [1.165, 1.54) is 9.42 Å². The van der Waals surface area contributed by atoms with Crippen LogP contribution >= 0.6 is 0 Å². The number of hydrogen-bond donors (Lipinski definition) is 0. The number of hydrogen-bond acceptors (Lipinski definition) is 7. The second-order valence-electron chi connectivity index (χ2n) is 4.78. The van der Waals surface area contributed by atoms with Gasteiger partial charge in [0.25, 0.3) is 5.78 Å². The van der Waals surface area contributed by atoms with E-state index in [4.69, 9.17) is 4.52 Å². The molecule has 8 nitrogen and oxygen atoms in total. The van der Waals surface area contributed by atoms with E-state index in [0.717, 1.165) is 12.4 Å². The Morgan fingerprint density at radius 3 is 2.74 bits per heavy atom. The molecular weight excluding hydrogens is 315 g/mol. The highest BCUT2D eigenvalue weighted by atomic mass is 19.4. The van der Waals surface area contributed by atoms with Gasteiger partial charge in [-0.05, 0) is 0 Å². The molecule has 0 spiro atoms. The first-order chi connectivity index (χ1) is 10.9. The van der Waals surface area contributed by atoms with Crippen LogP contribution in [0.2, 0.25) is 0 Å². The molecule has 0 amide bonds. The van der Waals surface area contributed by atoms with Crippen molar-refractivity contribution in [1.29, 1.82) is 0 Å². The van der Waals surface area contributed by atoms with Crippen LogP contribution in [0, 0.1) is 0 Å². The maximum absolute atomic E-state index is 13.0. The van der Waals surface area contributed by atoms with Crippen LogP contribution in [0.1, 0.15) is 24.3 Å². The molecular formula is C12H12F3N7O. The Morgan fingerprint density at radius 1 is 1.30 bits per heavy atom. The van der Waals surface area contributed by atoms with Crippen molar-refractivity contribution in [2.24, 2.45) is 0 Å². The molecule has 0 saturated carbocycles. The molecule has 0 atom stereocenters. The molecule has 0 aliphatic carbocycles. The molecule has 0 fully saturated rings. The van der Waals surface area contributed by atoms with Gasteiger partial charge in [0.1, 0.15) is 12.1 Å². The van der Waals surface area contributed by atoms with E-state index in [1.807, 2.05) is 6.92 Å². The average molecular weight is 327 g/mol. The van der Waals surface area contributed by atoms with Crippen molar-refractivity contribution in [3.63, 3.8) is 0 Å². The topological polar surface area (TPSA) is 85.2 Å². The molecule has 3 rings (SSSR count). The molecule has 0 aromatic carbocycles. The average Bonchev–Trinajstić information content (AvgIpc) is 3.13. The number of nitrogens with zero attached hydrogens (tertiary/aromatic N) is 7. The normalized spacial score (nSPS) is 12.0. The summed E-state index contributed by atoms with van der Waals surface area (Å²) in [7, 11) is 1.59. The van der Waals surface area contributed by atoms with E-state index in [-0.39, 0.29) is 18.1 Å². The van der Waals surface area contributed by atoms with Crippen LogP contribution in [0.3, 0.4) is 0 Å². The highest BCUT2D eigenvalue weighted by molar-refractivity contribution is 5.47. The van der Waals surface area contributed by atoms with Gasteiger partial charge in [0.2, 0.25) is 5.89 Å². The van der Waals surface area contributed by atoms with E-state index in [0.29, 0.717) is 18.1 Å². The lowest BCUT2D eigenvalue weighted by Gasteiger charge is -2.18. The van der Waals surface area contributed by atoms with Crippen LogP contribution in [0.4, 0.5) is 19.0 Å². The van der Waals surface area contributed by atoms with Crippen LogP contribution in [-0.2, 0) is 19.1 Å². The summed E-state index contributed by atoms with van der Waals surface area (Å²) in [5.41, 5.74) is -1.04. The summed E-state index contributed by atoms with van der Waals surface area (Å²) in [6.45, 7) is 2.00. The number of aromatic nitrogens is 6. The third kappa shape index (κ3) is 2.94. The number of fused-ring (bicyclic) bond motifs is 1. The van der Waals surface area contributed by atoms with Crippen molar-refractivity contribution >= 4 is 11.6 Å². The Bertz CT molecular complexity index is 826. The van der Waals surface area contributed by atoms with Crippen LogP contribution < -0.4 is 4.90 Å². The van der Waals surface area contributed by atoms with Gasteiger partial charge in [-0.1, -0.05) is 12.1 Å². The molecule has 0 aliphatic heterocycles. The molecule has 0 unspecified atom stereocenters. The molecule has 0 saturated heterocycles. The highest BCUT2D eigenvalue weighted by Gasteiger charge is 2.34. The van der Waals surface area contributed by atoms with Gasteiger partial charge in [0.15, 0.2) is 11.5 Å². The summed E-state index contributed by atoms with van der Waals surface area (Å²) < 4.78 is 45.2. The van der Waals surface area contributed by atoms with Crippen LogP contribution in [-0.4, -0.2) is 36.8 Å². The Morgan fingerprint density at radius 2 is 2.09 bits per heavy atom. The molecule has 11 heteroatoms. The van der Waals surface area contributed by atoms with Gasteiger partial charge in [-0.15, -0.1) is 0 Å². The maximum atomic E-state index is 13.0. The second kappa shape index (κ2) is 5.48. The van der Waals surface area contributed by atoms with Gasteiger partial charge in [-0.3, -0.25) is 0 Å². The van der Waals surface area contributed by atoms with E-state index in [1.54, 1.807) is 7.05 Å². The minimum Gasteiger partial charge on any atom is -0.350 e. The van der Waals surface area contributed by atoms with Crippen LogP contribution in [0.15, 0.2) is 16.9 Å². The minimum atomic E-state index is -4.58. The number of rotatable bonds is 4. The third-order valence-corrected chi connectivity index (χ3v) is 3.11. The molecule has 0 aliphatic rings. The summed E-state index contributed by atoms with van der Waals surface area (Å²) in [6, 6.07) is 0.902. The standard InChI is InChI=1S/C12H12F3N7O/c1-3-8-19-9(23-20-8)5-21(2)10-4-7(12(13,14)15)18-11-16-6-17-22(10)11/h4,6H,3,5H2,1-2H3. The fraction of sp³-hybridized carbons (Fsp3) is 0.417. The van der Waals surface area contributed by atoms with Crippen molar-refractivity contribution in [3.8, 4) is 0 Å². The van der Waals surface area contributed by atoms with E-state index >= 15 is 0 Å². The summed E-state index contributed by atoms with van der Waals surface area (Å²) in [6.07, 6.45) is -2.83. The summed E-state index contributed by atoms with van der Waals surface area (Å²) in [4.78, 5) is 12.8.